The van der Waals surface area contributed by atoms with Gasteiger partial charge in [0.25, 0.3) is 10.0 Å². The monoisotopic (exact) mass is 468 g/mol. The summed E-state index contributed by atoms with van der Waals surface area (Å²) in [6, 6.07) is 19.1. The highest BCUT2D eigenvalue weighted by Crippen LogP contribution is 2.32. The van der Waals surface area contributed by atoms with Crippen molar-refractivity contribution in [3.8, 4) is 0 Å². The van der Waals surface area contributed by atoms with Crippen LogP contribution in [0.1, 0.15) is 27.0 Å². The van der Waals surface area contributed by atoms with E-state index in [0.29, 0.717) is 16.1 Å². The van der Waals surface area contributed by atoms with Crippen molar-refractivity contribution in [1.29, 1.82) is 0 Å². The molecule has 1 heterocycles. The molecule has 0 radical (unpaired) electrons. The average Bonchev–Trinajstić information content (AvgIpc) is 3.03. The molecule has 0 unspecified atom stereocenters. The fourth-order valence-corrected chi connectivity index (χ4v) is 4.99. The predicted molar refractivity (Wildman–Crippen MR) is 125 cm³/mol. The smallest absolute Gasteiger partial charge is 0.338 e. The fraction of sp³-hybridized carbons (Fsp3) is 0.167. The van der Waals surface area contributed by atoms with Crippen LogP contribution >= 0.6 is 11.6 Å². The Morgan fingerprint density at radius 1 is 1.03 bits per heavy atom. The number of benzene rings is 3. The number of rotatable bonds is 5. The molecule has 0 fully saturated rings. The normalized spacial score (nSPS) is 13.9. The van der Waals surface area contributed by atoms with Crippen molar-refractivity contribution in [1.82, 2.24) is 0 Å². The molecule has 3 aromatic carbocycles. The molecular weight excluding hydrogens is 448 g/mol. The van der Waals surface area contributed by atoms with Crippen LogP contribution in [0.5, 0.6) is 0 Å². The lowest BCUT2D eigenvalue weighted by atomic mass is 10.1. The number of hydrogen-bond donors (Lipinski definition) is 0. The molecule has 0 amide bonds. The van der Waals surface area contributed by atoms with Gasteiger partial charge in [-0.3, -0.25) is 0 Å². The Kier molecular flexibility index (Phi) is 6.04. The van der Waals surface area contributed by atoms with Crippen LogP contribution in [0.15, 0.2) is 76.0 Å². The van der Waals surface area contributed by atoms with E-state index in [2.05, 4.69) is 4.40 Å². The molecular formula is C24H21ClN2O4S. The zero-order chi connectivity index (χ0) is 22.9. The number of carbonyl (C=O) groups excluding carboxylic acids is 1. The molecule has 8 heteroatoms. The van der Waals surface area contributed by atoms with E-state index in [-0.39, 0.29) is 23.9 Å². The topological polar surface area (TPSA) is 76.0 Å². The Hall–Kier alpha value is -3.16. The van der Waals surface area contributed by atoms with Gasteiger partial charge in [-0.05, 0) is 61.9 Å². The number of ether oxygens (including phenoxy) is 1. The van der Waals surface area contributed by atoms with E-state index in [0.717, 1.165) is 16.8 Å². The quantitative estimate of drug-likeness (QED) is 0.504. The Labute approximate surface area is 192 Å². The summed E-state index contributed by atoms with van der Waals surface area (Å²) in [6.45, 7) is 4.07. The van der Waals surface area contributed by atoms with Crippen molar-refractivity contribution >= 4 is 39.1 Å². The first-order valence-electron chi connectivity index (χ1n) is 9.98. The number of halogens is 1. The van der Waals surface area contributed by atoms with E-state index in [1.807, 2.05) is 26.0 Å². The van der Waals surface area contributed by atoms with Crippen molar-refractivity contribution in [2.45, 2.75) is 18.7 Å². The summed E-state index contributed by atoms with van der Waals surface area (Å²) in [6.07, 6.45) is 0. The lowest BCUT2D eigenvalue weighted by Crippen LogP contribution is -2.35. The van der Waals surface area contributed by atoms with Crippen LogP contribution < -0.4 is 4.90 Å². The van der Waals surface area contributed by atoms with Crippen LogP contribution in [0.3, 0.4) is 0 Å². The molecule has 4 rings (SSSR count). The van der Waals surface area contributed by atoms with Gasteiger partial charge in [-0.25, -0.2) is 4.79 Å². The van der Waals surface area contributed by atoms with Crippen LogP contribution in [0.4, 0.5) is 5.69 Å². The molecule has 0 spiro atoms. The van der Waals surface area contributed by atoms with Gasteiger partial charge in [0.2, 0.25) is 0 Å². The zero-order valence-electron chi connectivity index (χ0n) is 17.6. The maximum absolute atomic E-state index is 12.6. The Balaban J connectivity index is 1.64. The minimum Gasteiger partial charge on any atom is -0.460 e. The maximum Gasteiger partial charge on any atom is 0.338 e. The molecule has 32 heavy (non-hydrogen) atoms. The molecule has 1 aliphatic rings. The molecule has 0 N–H and O–H groups in total. The summed E-state index contributed by atoms with van der Waals surface area (Å²) >= 11 is 6.12. The van der Waals surface area contributed by atoms with E-state index >= 15 is 0 Å². The largest absolute Gasteiger partial charge is 0.460 e. The van der Waals surface area contributed by atoms with Gasteiger partial charge >= 0.3 is 5.97 Å². The van der Waals surface area contributed by atoms with Gasteiger partial charge in [0.15, 0.2) is 5.84 Å². The van der Waals surface area contributed by atoms with Gasteiger partial charge in [-0.2, -0.15) is 8.42 Å². The van der Waals surface area contributed by atoms with Gasteiger partial charge in [0, 0.05) is 16.3 Å². The molecule has 0 aromatic heterocycles. The Bertz CT molecular complexity index is 1320. The van der Waals surface area contributed by atoms with Gasteiger partial charge in [0.1, 0.15) is 11.5 Å². The van der Waals surface area contributed by atoms with Gasteiger partial charge < -0.3 is 9.64 Å². The molecule has 3 aromatic rings. The summed E-state index contributed by atoms with van der Waals surface area (Å²) in [4.78, 5) is 14.3. The lowest BCUT2D eigenvalue weighted by molar-refractivity contribution is 0.0517. The first-order chi connectivity index (χ1) is 15.3. The number of nitrogens with zero attached hydrogens (tertiary/aromatic N) is 2. The lowest BCUT2D eigenvalue weighted by Gasteiger charge is -2.26. The first kappa shape index (κ1) is 22.0. The maximum atomic E-state index is 12.6. The van der Waals surface area contributed by atoms with E-state index < -0.39 is 16.0 Å². The number of anilines is 1. The third-order valence-corrected chi connectivity index (χ3v) is 6.71. The molecule has 0 aliphatic carbocycles. The van der Waals surface area contributed by atoms with Gasteiger partial charge in [-0.1, -0.05) is 41.4 Å². The summed E-state index contributed by atoms with van der Waals surface area (Å²) in [5.41, 5.74) is 3.58. The van der Waals surface area contributed by atoms with E-state index in [1.165, 1.54) is 6.07 Å². The summed E-state index contributed by atoms with van der Waals surface area (Å²) in [5.74, 6) is -0.156. The molecule has 0 saturated carbocycles. The molecule has 1 aliphatic heterocycles. The highest BCUT2D eigenvalue weighted by molar-refractivity contribution is 7.90. The number of amidine groups is 1. The van der Waals surface area contributed by atoms with Crippen LogP contribution in [-0.2, 0) is 14.8 Å². The van der Waals surface area contributed by atoms with Crippen LogP contribution in [-0.4, -0.2) is 33.4 Å². The first-order valence-corrected chi connectivity index (χ1v) is 11.8. The van der Waals surface area contributed by atoms with Crippen molar-refractivity contribution in [2.75, 3.05) is 18.1 Å². The highest BCUT2D eigenvalue weighted by Gasteiger charge is 2.32. The second-order valence-corrected chi connectivity index (χ2v) is 9.48. The van der Waals surface area contributed by atoms with Crippen molar-refractivity contribution in [2.24, 2.45) is 4.40 Å². The Morgan fingerprint density at radius 2 is 1.75 bits per heavy atom. The molecule has 0 atom stereocenters. The molecule has 6 nitrogen and oxygen atoms in total. The zero-order valence-corrected chi connectivity index (χ0v) is 19.2. The number of sulfonamides is 1. The molecule has 164 valence electrons. The van der Waals surface area contributed by atoms with Gasteiger partial charge in [-0.15, -0.1) is 4.40 Å². The second-order valence-electron chi connectivity index (χ2n) is 7.47. The summed E-state index contributed by atoms with van der Waals surface area (Å²) < 4.78 is 34.7. The summed E-state index contributed by atoms with van der Waals surface area (Å²) in [7, 11) is -3.80. The third kappa shape index (κ3) is 4.40. The fourth-order valence-electron chi connectivity index (χ4n) is 3.55. The number of hydrogen-bond acceptors (Lipinski definition) is 5. The minimum atomic E-state index is -3.80. The van der Waals surface area contributed by atoms with E-state index in [9.17, 15) is 13.2 Å². The van der Waals surface area contributed by atoms with Gasteiger partial charge in [0.05, 0.1) is 12.1 Å². The predicted octanol–water partition coefficient (Wildman–Crippen LogP) is 4.77. The molecule has 0 bridgehead atoms. The van der Waals surface area contributed by atoms with Crippen LogP contribution in [0.2, 0.25) is 5.02 Å². The highest BCUT2D eigenvalue weighted by atomic mass is 35.5. The van der Waals surface area contributed by atoms with E-state index in [4.69, 9.17) is 16.3 Å². The van der Waals surface area contributed by atoms with E-state index in [1.54, 1.807) is 53.4 Å². The van der Waals surface area contributed by atoms with Crippen molar-refractivity contribution < 1.29 is 17.9 Å². The second kappa shape index (κ2) is 8.76. The average molecular weight is 469 g/mol. The number of fused-ring (bicyclic) bond motifs is 1. The number of carbonyl (C=O) groups is 1. The van der Waals surface area contributed by atoms with Crippen LogP contribution in [0.25, 0.3) is 0 Å². The molecule has 0 saturated heterocycles. The number of esters is 1. The standard InChI is InChI=1S/C24H21ClN2O4S/c1-16-7-9-18(10-8-16)24(28)31-14-13-27(21-12-11-19(25)15-17(21)2)23-20-5-3-4-6-22(20)32(29,30)26-23/h3-12,15H,13-14H2,1-2H3. The minimum absolute atomic E-state index is 0.0377. The van der Waals surface area contributed by atoms with Crippen molar-refractivity contribution in [3.63, 3.8) is 0 Å². The SMILES string of the molecule is Cc1ccc(C(=O)OCCN(C2=NS(=O)(=O)c3ccccc32)c2ccc(Cl)cc2C)cc1. The third-order valence-electron chi connectivity index (χ3n) is 5.15. The number of aryl methyl sites for hydroxylation is 2. The van der Waals surface area contributed by atoms with Crippen LogP contribution in [0, 0.1) is 13.8 Å². The summed E-state index contributed by atoms with van der Waals surface area (Å²) in [5, 5.41) is 0.568. The van der Waals surface area contributed by atoms with Crippen molar-refractivity contribution in [3.05, 3.63) is 94.0 Å². The Morgan fingerprint density at radius 3 is 2.47 bits per heavy atom.